The van der Waals surface area contributed by atoms with Crippen molar-refractivity contribution in [2.24, 2.45) is 0 Å². The quantitative estimate of drug-likeness (QED) is 0.803. The summed E-state index contributed by atoms with van der Waals surface area (Å²) in [6.45, 7) is 3.46. The van der Waals surface area contributed by atoms with Crippen molar-refractivity contribution < 1.29 is 19.1 Å². The van der Waals surface area contributed by atoms with Gasteiger partial charge in [0, 0.05) is 0 Å². The maximum absolute atomic E-state index is 12.0. The standard InChI is InChI=1S/C16H16O4/c1-3-19-15(17)11(2)20-16(18)14-9-8-12-6-4-5-7-13(12)10-14/h4-11H,3H2,1-2H3/t11-/m0/s1. The van der Waals surface area contributed by atoms with E-state index in [9.17, 15) is 9.59 Å². The van der Waals surface area contributed by atoms with Gasteiger partial charge in [0.05, 0.1) is 12.2 Å². The van der Waals surface area contributed by atoms with Crippen molar-refractivity contribution in [3.8, 4) is 0 Å². The first kappa shape index (κ1) is 14.1. The lowest BCUT2D eigenvalue weighted by atomic mass is 10.1. The zero-order valence-corrected chi connectivity index (χ0v) is 11.5. The monoisotopic (exact) mass is 272 g/mol. The lowest BCUT2D eigenvalue weighted by Crippen LogP contribution is -2.26. The molecule has 4 heteroatoms. The molecule has 2 rings (SSSR count). The molecule has 0 radical (unpaired) electrons. The molecule has 20 heavy (non-hydrogen) atoms. The lowest BCUT2D eigenvalue weighted by molar-refractivity contribution is -0.152. The van der Waals surface area contributed by atoms with Crippen LogP contribution in [0.5, 0.6) is 0 Å². The molecule has 0 spiro atoms. The highest BCUT2D eigenvalue weighted by Gasteiger charge is 2.19. The van der Waals surface area contributed by atoms with Crippen LogP contribution in [0.2, 0.25) is 0 Å². The van der Waals surface area contributed by atoms with Gasteiger partial charge >= 0.3 is 11.9 Å². The zero-order chi connectivity index (χ0) is 14.5. The number of fused-ring (bicyclic) bond motifs is 1. The minimum atomic E-state index is -0.908. The summed E-state index contributed by atoms with van der Waals surface area (Å²) in [4.78, 5) is 23.4. The molecule has 0 aliphatic carbocycles. The van der Waals surface area contributed by atoms with Crippen LogP contribution >= 0.6 is 0 Å². The molecule has 0 amide bonds. The van der Waals surface area contributed by atoms with Gasteiger partial charge in [-0.3, -0.25) is 0 Å². The molecule has 0 unspecified atom stereocenters. The van der Waals surface area contributed by atoms with E-state index in [0.29, 0.717) is 5.56 Å². The second-order valence-electron chi connectivity index (χ2n) is 4.36. The Bertz CT molecular complexity index is 633. The third-order valence-electron chi connectivity index (χ3n) is 2.89. The first-order chi connectivity index (χ1) is 9.61. The summed E-state index contributed by atoms with van der Waals surface area (Å²) in [6.07, 6.45) is -0.908. The number of carbonyl (C=O) groups excluding carboxylic acids is 2. The number of benzene rings is 2. The van der Waals surface area contributed by atoms with E-state index in [0.717, 1.165) is 10.8 Å². The van der Waals surface area contributed by atoms with E-state index in [4.69, 9.17) is 9.47 Å². The van der Waals surface area contributed by atoms with Gasteiger partial charge in [0.1, 0.15) is 0 Å². The van der Waals surface area contributed by atoms with Gasteiger partial charge in [0.25, 0.3) is 0 Å². The SMILES string of the molecule is CCOC(=O)[C@H](C)OC(=O)c1ccc2ccccc2c1. The van der Waals surface area contributed by atoms with Gasteiger partial charge in [-0.25, -0.2) is 9.59 Å². The second kappa shape index (κ2) is 6.19. The highest BCUT2D eigenvalue weighted by molar-refractivity contribution is 5.96. The van der Waals surface area contributed by atoms with Crippen LogP contribution in [0.25, 0.3) is 10.8 Å². The predicted octanol–water partition coefficient (Wildman–Crippen LogP) is 2.95. The Kier molecular flexibility index (Phi) is 4.35. The Labute approximate surface area is 117 Å². The van der Waals surface area contributed by atoms with Crippen LogP contribution in [0.4, 0.5) is 0 Å². The van der Waals surface area contributed by atoms with Crippen molar-refractivity contribution in [3.63, 3.8) is 0 Å². The first-order valence-corrected chi connectivity index (χ1v) is 6.48. The molecule has 2 aromatic rings. The van der Waals surface area contributed by atoms with Crippen molar-refractivity contribution in [2.45, 2.75) is 20.0 Å². The maximum atomic E-state index is 12.0. The predicted molar refractivity (Wildman–Crippen MR) is 75.5 cm³/mol. The second-order valence-corrected chi connectivity index (χ2v) is 4.36. The first-order valence-electron chi connectivity index (χ1n) is 6.48. The molecule has 0 aliphatic rings. The van der Waals surface area contributed by atoms with Crippen LogP contribution in [0.15, 0.2) is 42.5 Å². The van der Waals surface area contributed by atoms with E-state index in [2.05, 4.69) is 0 Å². The molecule has 0 saturated heterocycles. The molecule has 0 aromatic heterocycles. The molecule has 0 bridgehead atoms. The normalized spacial score (nSPS) is 11.9. The number of hydrogen-bond donors (Lipinski definition) is 0. The number of rotatable bonds is 4. The Morgan fingerprint density at radius 3 is 2.50 bits per heavy atom. The molecule has 0 saturated carbocycles. The van der Waals surface area contributed by atoms with Gasteiger partial charge in [-0.05, 0) is 36.8 Å². The minimum absolute atomic E-state index is 0.261. The van der Waals surface area contributed by atoms with E-state index < -0.39 is 18.0 Å². The summed E-state index contributed by atoms with van der Waals surface area (Å²) in [7, 11) is 0. The van der Waals surface area contributed by atoms with E-state index in [-0.39, 0.29) is 6.61 Å². The third kappa shape index (κ3) is 3.15. The largest absolute Gasteiger partial charge is 0.463 e. The number of esters is 2. The Hall–Kier alpha value is -2.36. The Morgan fingerprint density at radius 1 is 1.10 bits per heavy atom. The zero-order valence-electron chi connectivity index (χ0n) is 11.5. The molecule has 1 atom stereocenters. The minimum Gasteiger partial charge on any atom is -0.463 e. The van der Waals surface area contributed by atoms with Crippen LogP contribution in [0.1, 0.15) is 24.2 Å². The fraction of sp³-hybridized carbons (Fsp3) is 0.250. The lowest BCUT2D eigenvalue weighted by Gasteiger charge is -2.12. The molecular weight excluding hydrogens is 256 g/mol. The molecule has 0 aliphatic heterocycles. The number of hydrogen-bond acceptors (Lipinski definition) is 4. The Morgan fingerprint density at radius 2 is 1.80 bits per heavy atom. The van der Waals surface area contributed by atoms with Gasteiger partial charge in [0.2, 0.25) is 0 Å². The van der Waals surface area contributed by atoms with E-state index in [1.807, 2.05) is 30.3 Å². The molecule has 0 fully saturated rings. The summed E-state index contributed by atoms with van der Waals surface area (Å²) < 4.78 is 9.88. The van der Waals surface area contributed by atoms with Crippen molar-refractivity contribution in [3.05, 3.63) is 48.0 Å². The molecular formula is C16H16O4. The van der Waals surface area contributed by atoms with Crippen molar-refractivity contribution in [1.29, 1.82) is 0 Å². The van der Waals surface area contributed by atoms with Crippen LogP contribution < -0.4 is 0 Å². The fourth-order valence-corrected chi connectivity index (χ4v) is 1.85. The smallest absolute Gasteiger partial charge is 0.347 e. The molecule has 2 aromatic carbocycles. The highest BCUT2D eigenvalue weighted by atomic mass is 16.6. The summed E-state index contributed by atoms with van der Waals surface area (Å²) >= 11 is 0. The van der Waals surface area contributed by atoms with Crippen LogP contribution in [0.3, 0.4) is 0 Å². The van der Waals surface area contributed by atoms with E-state index >= 15 is 0 Å². The van der Waals surface area contributed by atoms with Gasteiger partial charge in [-0.15, -0.1) is 0 Å². The average molecular weight is 272 g/mol. The van der Waals surface area contributed by atoms with E-state index in [1.54, 1.807) is 19.1 Å². The van der Waals surface area contributed by atoms with Crippen molar-refractivity contribution in [2.75, 3.05) is 6.61 Å². The molecule has 0 N–H and O–H groups in total. The average Bonchev–Trinajstić information content (AvgIpc) is 2.46. The Balaban J connectivity index is 2.13. The molecule has 0 heterocycles. The van der Waals surface area contributed by atoms with Crippen molar-refractivity contribution >= 4 is 22.7 Å². The third-order valence-corrected chi connectivity index (χ3v) is 2.89. The highest BCUT2D eigenvalue weighted by Crippen LogP contribution is 2.16. The fourth-order valence-electron chi connectivity index (χ4n) is 1.85. The number of ether oxygens (including phenoxy) is 2. The summed E-state index contributed by atoms with van der Waals surface area (Å²) in [6, 6.07) is 13.0. The summed E-state index contributed by atoms with van der Waals surface area (Å²) in [5.74, 6) is -1.07. The summed E-state index contributed by atoms with van der Waals surface area (Å²) in [5, 5.41) is 1.99. The number of carbonyl (C=O) groups is 2. The van der Waals surface area contributed by atoms with Gasteiger partial charge in [0.15, 0.2) is 6.10 Å². The van der Waals surface area contributed by atoms with Gasteiger partial charge < -0.3 is 9.47 Å². The molecule has 4 nitrogen and oxygen atoms in total. The van der Waals surface area contributed by atoms with Crippen LogP contribution in [0, 0.1) is 0 Å². The maximum Gasteiger partial charge on any atom is 0.347 e. The van der Waals surface area contributed by atoms with E-state index in [1.165, 1.54) is 6.92 Å². The summed E-state index contributed by atoms with van der Waals surface area (Å²) in [5.41, 5.74) is 0.417. The van der Waals surface area contributed by atoms with Gasteiger partial charge in [-0.2, -0.15) is 0 Å². The van der Waals surface area contributed by atoms with Crippen LogP contribution in [-0.4, -0.2) is 24.6 Å². The van der Waals surface area contributed by atoms with Crippen molar-refractivity contribution in [1.82, 2.24) is 0 Å². The van der Waals surface area contributed by atoms with Crippen LogP contribution in [-0.2, 0) is 14.3 Å². The molecule has 104 valence electrons. The van der Waals surface area contributed by atoms with Gasteiger partial charge in [-0.1, -0.05) is 30.3 Å². The topological polar surface area (TPSA) is 52.6 Å².